The second-order valence-electron chi connectivity index (χ2n) is 3.24. The molecule has 14 heavy (non-hydrogen) atoms. The molecule has 0 heterocycles. The van der Waals surface area contributed by atoms with Gasteiger partial charge in [0.05, 0.1) is 0 Å². The number of alkyl halides is 1. The Balaban J connectivity index is 3.46. The van der Waals surface area contributed by atoms with Gasteiger partial charge < -0.3 is 4.74 Å². The number of ether oxygens (including phenoxy) is 1. The monoisotopic (exact) mass is 202 g/mol. The van der Waals surface area contributed by atoms with Crippen LogP contribution >= 0.6 is 0 Å². The summed E-state index contributed by atoms with van der Waals surface area (Å²) in [6, 6.07) is 0. The van der Waals surface area contributed by atoms with Gasteiger partial charge in [-0.3, -0.25) is 0 Å². The number of hydrogen-bond donors (Lipinski definition) is 0. The highest BCUT2D eigenvalue weighted by Crippen LogP contribution is 2.09. The minimum Gasteiger partial charge on any atom is -0.459 e. The van der Waals surface area contributed by atoms with Crippen LogP contribution in [0.3, 0.4) is 0 Å². The van der Waals surface area contributed by atoms with Crippen LogP contribution in [0.4, 0.5) is 4.39 Å². The van der Waals surface area contributed by atoms with Gasteiger partial charge in [-0.05, 0) is 12.8 Å². The van der Waals surface area contributed by atoms with Crippen molar-refractivity contribution in [3.05, 3.63) is 12.7 Å². The molecule has 0 N–H and O–H groups in total. The van der Waals surface area contributed by atoms with Gasteiger partial charge in [-0.15, -0.1) is 0 Å². The first-order valence-electron chi connectivity index (χ1n) is 5.14. The van der Waals surface area contributed by atoms with Gasteiger partial charge in [0, 0.05) is 0 Å². The summed E-state index contributed by atoms with van der Waals surface area (Å²) in [6.07, 6.45) is 4.17. The van der Waals surface area contributed by atoms with Gasteiger partial charge in [-0.25, -0.2) is 9.18 Å². The molecule has 0 saturated heterocycles. The van der Waals surface area contributed by atoms with Crippen LogP contribution in [-0.4, -0.2) is 18.7 Å². The molecule has 2 nitrogen and oxygen atoms in total. The molecule has 0 aliphatic carbocycles. The smallest absolute Gasteiger partial charge is 0.341 e. The van der Waals surface area contributed by atoms with Crippen LogP contribution in [-0.2, 0) is 9.53 Å². The molecular weight excluding hydrogens is 183 g/mol. The highest BCUT2D eigenvalue weighted by atomic mass is 19.1. The molecule has 0 fully saturated rings. The second-order valence-corrected chi connectivity index (χ2v) is 3.24. The lowest BCUT2D eigenvalue weighted by molar-refractivity contribution is -0.148. The normalized spacial score (nSPS) is 12.1. The maximum atomic E-state index is 13.0. The largest absolute Gasteiger partial charge is 0.459 e. The van der Waals surface area contributed by atoms with Gasteiger partial charge in [0.15, 0.2) is 6.17 Å². The van der Waals surface area contributed by atoms with E-state index in [0.29, 0.717) is 0 Å². The molecule has 0 aromatic carbocycles. The Hall–Kier alpha value is -0.860. The Morgan fingerprint density at radius 2 is 2.21 bits per heavy atom. The van der Waals surface area contributed by atoms with E-state index in [-0.39, 0.29) is 13.0 Å². The Labute approximate surface area is 85.1 Å². The molecular formula is C11H19FO2. The van der Waals surface area contributed by atoms with Gasteiger partial charge in [0.1, 0.15) is 6.61 Å². The molecule has 1 unspecified atom stereocenters. The highest BCUT2D eigenvalue weighted by Gasteiger charge is 2.17. The minimum atomic E-state index is -1.47. The zero-order valence-electron chi connectivity index (χ0n) is 8.80. The molecule has 0 aromatic heterocycles. The summed E-state index contributed by atoms with van der Waals surface area (Å²) in [7, 11) is 0. The number of hydrogen-bond acceptors (Lipinski definition) is 2. The number of esters is 1. The van der Waals surface area contributed by atoms with E-state index >= 15 is 0 Å². The summed E-state index contributed by atoms with van der Waals surface area (Å²) in [4.78, 5) is 10.9. The molecule has 0 radical (unpaired) electrons. The van der Waals surface area contributed by atoms with Crippen molar-refractivity contribution in [1.82, 2.24) is 0 Å². The molecule has 0 rings (SSSR count). The molecule has 0 saturated carbocycles. The third kappa shape index (κ3) is 6.63. The predicted molar refractivity (Wildman–Crippen MR) is 54.8 cm³/mol. The molecule has 82 valence electrons. The van der Waals surface area contributed by atoms with Gasteiger partial charge in [0.2, 0.25) is 0 Å². The lowest BCUT2D eigenvalue weighted by Gasteiger charge is -2.06. The van der Waals surface area contributed by atoms with Gasteiger partial charge in [-0.1, -0.05) is 38.8 Å². The van der Waals surface area contributed by atoms with E-state index in [2.05, 4.69) is 18.2 Å². The summed E-state index contributed by atoms with van der Waals surface area (Å²) < 4.78 is 17.6. The first-order chi connectivity index (χ1) is 6.72. The third-order valence-electron chi connectivity index (χ3n) is 1.91. The summed E-state index contributed by atoms with van der Waals surface area (Å²) in [6.45, 7) is 5.56. The number of unbranched alkanes of at least 4 members (excludes halogenated alkanes) is 3. The molecule has 1 atom stereocenters. The van der Waals surface area contributed by atoms with Crippen molar-refractivity contribution in [1.29, 1.82) is 0 Å². The molecule has 3 heteroatoms. The fourth-order valence-corrected chi connectivity index (χ4v) is 1.10. The van der Waals surface area contributed by atoms with Crippen molar-refractivity contribution in [2.24, 2.45) is 0 Å². The van der Waals surface area contributed by atoms with Crippen molar-refractivity contribution < 1.29 is 13.9 Å². The number of carbonyl (C=O) groups excluding carboxylic acids is 1. The topological polar surface area (TPSA) is 26.3 Å². The Bertz CT molecular complexity index is 169. The summed E-state index contributed by atoms with van der Waals surface area (Å²) >= 11 is 0. The van der Waals surface area contributed by atoms with Gasteiger partial charge in [0.25, 0.3) is 0 Å². The first kappa shape index (κ1) is 13.1. The van der Waals surface area contributed by atoms with Crippen molar-refractivity contribution >= 4 is 5.97 Å². The van der Waals surface area contributed by atoms with Crippen LogP contribution in [0.5, 0.6) is 0 Å². The Morgan fingerprint density at radius 3 is 2.79 bits per heavy atom. The van der Waals surface area contributed by atoms with E-state index in [0.717, 1.165) is 25.7 Å². The van der Waals surface area contributed by atoms with E-state index in [4.69, 9.17) is 0 Å². The zero-order valence-corrected chi connectivity index (χ0v) is 8.80. The summed E-state index contributed by atoms with van der Waals surface area (Å²) in [5, 5.41) is 0. The molecule has 0 bridgehead atoms. The number of carbonyl (C=O) groups is 1. The molecule has 0 spiro atoms. The van der Waals surface area contributed by atoms with Crippen molar-refractivity contribution in [2.45, 2.75) is 45.2 Å². The van der Waals surface area contributed by atoms with Gasteiger partial charge in [-0.2, -0.15) is 0 Å². The zero-order chi connectivity index (χ0) is 10.8. The maximum Gasteiger partial charge on any atom is 0.341 e. The number of rotatable bonds is 8. The van der Waals surface area contributed by atoms with E-state index in [1.807, 2.05) is 0 Å². The third-order valence-corrected chi connectivity index (χ3v) is 1.91. The molecule has 0 aromatic rings. The first-order valence-corrected chi connectivity index (χ1v) is 5.14. The molecule has 0 aliphatic heterocycles. The SMILES string of the molecule is C=CCOC(=O)C(F)CCCCCC. The van der Waals surface area contributed by atoms with Crippen LogP contribution in [0.2, 0.25) is 0 Å². The Kier molecular flexibility index (Phi) is 8.19. The van der Waals surface area contributed by atoms with E-state index in [1.54, 1.807) is 0 Å². The van der Waals surface area contributed by atoms with Crippen molar-refractivity contribution in [2.75, 3.05) is 6.61 Å². The van der Waals surface area contributed by atoms with E-state index < -0.39 is 12.1 Å². The fourth-order valence-electron chi connectivity index (χ4n) is 1.10. The molecule has 0 amide bonds. The van der Waals surface area contributed by atoms with Crippen LogP contribution < -0.4 is 0 Å². The highest BCUT2D eigenvalue weighted by molar-refractivity contribution is 5.74. The van der Waals surface area contributed by atoms with Crippen molar-refractivity contribution in [3.63, 3.8) is 0 Å². The van der Waals surface area contributed by atoms with Crippen LogP contribution in [0.25, 0.3) is 0 Å². The van der Waals surface area contributed by atoms with Gasteiger partial charge >= 0.3 is 5.97 Å². The molecule has 0 aliphatic rings. The van der Waals surface area contributed by atoms with Crippen LogP contribution in [0, 0.1) is 0 Å². The average Bonchev–Trinajstić information content (AvgIpc) is 2.20. The lowest BCUT2D eigenvalue weighted by atomic mass is 10.1. The maximum absolute atomic E-state index is 13.0. The summed E-state index contributed by atoms with van der Waals surface area (Å²) in [5.41, 5.74) is 0. The van der Waals surface area contributed by atoms with E-state index in [1.165, 1.54) is 6.08 Å². The second kappa shape index (κ2) is 8.73. The Morgan fingerprint density at radius 1 is 1.50 bits per heavy atom. The quantitative estimate of drug-likeness (QED) is 0.343. The van der Waals surface area contributed by atoms with Crippen LogP contribution in [0.15, 0.2) is 12.7 Å². The van der Waals surface area contributed by atoms with Crippen molar-refractivity contribution in [3.8, 4) is 0 Å². The lowest BCUT2D eigenvalue weighted by Crippen LogP contribution is -2.18. The average molecular weight is 202 g/mol. The van der Waals surface area contributed by atoms with E-state index in [9.17, 15) is 9.18 Å². The fraction of sp³-hybridized carbons (Fsp3) is 0.727. The van der Waals surface area contributed by atoms with Crippen LogP contribution in [0.1, 0.15) is 39.0 Å². The number of halogens is 1. The minimum absolute atomic E-state index is 0.0915. The predicted octanol–water partition coefficient (Wildman–Crippen LogP) is 3.02. The standard InChI is InChI=1S/C11H19FO2/c1-3-5-6-7-8-10(12)11(13)14-9-4-2/h4,10H,2-3,5-9H2,1H3. The summed E-state index contributed by atoms with van der Waals surface area (Å²) in [5.74, 6) is -0.763.